The first-order valence-electron chi connectivity index (χ1n) is 8.87. The van der Waals surface area contributed by atoms with Crippen molar-refractivity contribution in [3.63, 3.8) is 0 Å². The van der Waals surface area contributed by atoms with Crippen molar-refractivity contribution in [2.75, 3.05) is 17.2 Å². The van der Waals surface area contributed by atoms with Gasteiger partial charge in [0.05, 0.1) is 6.54 Å². The molecule has 2 fully saturated rings. The third-order valence-electron chi connectivity index (χ3n) is 4.93. The highest BCUT2D eigenvalue weighted by molar-refractivity contribution is 5.93. The number of likely N-dealkylation sites (tertiary alicyclic amines) is 1. The number of carbonyl (C=O) groups excluding carboxylic acids is 3. The summed E-state index contributed by atoms with van der Waals surface area (Å²) in [6.45, 7) is 3.79. The molecule has 2 amide bonds. The number of hydrogen-bond acceptors (Lipinski definition) is 4. The van der Waals surface area contributed by atoms with E-state index in [1.165, 1.54) is 6.92 Å². The summed E-state index contributed by atoms with van der Waals surface area (Å²) in [7, 11) is 0. The van der Waals surface area contributed by atoms with Gasteiger partial charge in [-0.15, -0.1) is 0 Å². The summed E-state index contributed by atoms with van der Waals surface area (Å²) >= 11 is 0. The van der Waals surface area contributed by atoms with Crippen molar-refractivity contribution in [3.8, 4) is 0 Å². The van der Waals surface area contributed by atoms with Crippen LogP contribution in [0.5, 0.6) is 0 Å². The van der Waals surface area contributed by atoms with Gasteiger partial charge in [-0.1, -0.05) is 0 Å². The monoisotopic (exact) mass is 343 g/mol. The van der Waals surface area contributed by atoms with E-state index in [1.807, 2.05) is 6.92 Å². The Morgan fingerprint density at radius 2 is 1.68 bits per heavy atom. The molecule has 1 aliphatic carbocycles. The van der Waals surface area contributed by atoms with Crippen molar-refractivity contribution in [1.82, 2.24) is 4.90 Å². The average molecular weight is 343 g/mol. The second kappa shape index (κ2) is 7.35. The minimum atomic E-state index is -0.128. The number of ketones is 1. The molecular formula is C19H25N3O3. The molecule has 2 atom stereocenters. The van der Waals surface area contributed by atoms with Crippen LogP contribution >= 0.6 is 0 Å². The van der Waals surface area contributed by atoms with Crippen LogP contribution in [0.2, 0.25) is 0 Å². The number of amides is 2. The SMILES string of the molecule is CC(=O)Nc1ccc(NC(=O)CN2[C@H](C)CC(=O)C[C@@H]2C2CC2)cc1. The van der Waals surface area contributed by atoms with Crippen molar-refractivity contribution in [1.29, 1.82) is 0 Å². The molecule has 0 unspecified atom stereocenters. The molecule has 2 N–H and O–H groups in total. The maximum absolute atomic E-state index is 12.5. The van der Waals surface area contributed by atoms with Gasteiger partial charge in [-0.2, -0.15) is 0 Å². The predicted octanol–water partition coefficient (Wildman–Crippen LogP) is 2.42. The Morgan fingerprint density at radius 3 is 2.24 bits per heavy atom. The van der Waals surface area contributed by atoms with Gasteiger partial charge in [-0.05, 0) is 49.9 Å². The standard InChI is InChI=1S/C19H25N3O3/c1-12-9-17(24)10-18(14-3-4-14)22(12)11-19(25)21-16-7-5-15(6-8-16)20-13(2)23/h5-8,12,14,18H,3-4,9-11H2,1-2H3,(H,20,23)(H,21,25)/t12-,18-/m1/s1. The Bertz CT molecular complexity index is 667. The van der Waals surface area contributed by atoms with Crippen LogP contribution in [0.3, 0.4) is 0 Å². The molecule has 1 heterocycles. The quantitative estimate of drug-likeness (QED) is 0.861. The first-order valence-corrected chi connectivity index (χ1v) is 8.87. The van der Waals surface area contributed by atoms with Crippen LogP contribution < -0.4 is 10.6 Å². The van der Waals surface area contributed by atoms with Gasteiger partial charge in [-0.25, -0.2) is 0 Å². The lowest BCUT2D eigenvalue weighted by molar-refractivity contribution is -0.129. The van der Waals surface area contributed by atoms with Crippen molar-refractivity contribution < 1.29 is 14.4 Å². The van der Waals surface area contributed by atoms with E-state index < -0.39 is 0 Å². The number of anilines is 2. The molecule has 1 saturated carbocycles. The number of piperidine rings is 1. The van der Waals surface area contributed by atoms with Gasteiger partial charge in [0.25, 0.3) is 0 Å². The number of hydrogen-bond donors (Lipinski definition) is 2. The molecule has 0 bridgehead atoms. The van der Waals surface area contributed by atoms with Gasteiger partial charge in [0, 0.05) is 43.2 Å². The summed E-state index contributed by atoms with van der Waals surface area (Å²) in [5.41, 5.74) is 1.39. The molecule has 6 heteroatoms. The van der Waals surface area contributed by atoms with Crippen LogP contribution in [-0.4, -0.2) is 41.1 Å². The summed E-state index contributed by atoms with van der Waals surface area (Å²) in [4.78, 5) is 37.6. The summed E-state index contributed by atoms with van der Waals surface area (Å²) in [5, 5.41) is 5.60. The Hall–Kier alpha value is -2.21. The highest BCUT2D eigenvalue weighted by Crippen LogP contribution is 2.40. The molecule has 25 heavy (non-hydrogen) atoms. The van der Waals surface area contributed by atoms with Gasteiger partial charge in [0.15, 0.2) is 0 Å². The molecule has 1 saturated heterocycles. The van der Waals surface area contributed by atoms with Crippen molar-refractivity contribution in [3.05, 3.63) is 24.3 Å². The molecule has 1 aromatic carbocycles. The maximum atomic E-state index is 12.5. The maximum Gasteiger partial charge on any atom is 0.238 e. The predicted molar refractivity (Wildman–Crippen MR) is 96.3 cm³/mol. The van der Waals surface area contributed by atoms with Gasteiger partial charge in [-0.3, -0.25) is 19.3 Å². The van der Waals surface area contributed by atoms with Gasteiger partial charge in [0.1, 0.15) is 5.78 Å². The van der Waals surface area contributed by atoms with E-state index in [9.17, 15) is 14.4 Å². The van der Waals surface area contributed by atoms with E-state index >= 15 is 0 Å². The summed E-state index contributed by atoms with van der Waals surface area (Å²) in [5.74, 6) is 0.682. The zero-order valence-electron chi connectivity index (χ0n) is 14.7. The minimum Gasteiger partial charge on any atom is -0.326 e. The van der Waals surface area contributed by atoms with Gasteiger partial charge in [0.2, 0.25) is 11.8 Å². The van der Waals surface area contributed by atoms with Crippen LogP contribution in [0.15, 0.2) is 24.3 Å². The fraction of sp³-hybridized carbons (Fsp3) is 0.526. The van der Waals surface area contributed by atoms with E-state index in [2.05, 4.69) is 15.5 Å². The second-order valence-corrected chi connectivity index (χ2v) is 7.18. The average Bonchev–Trinajstić information content (AvgIpc) is 3.36. The Kier molecular flexibility index (Phi) is 5.18. The number of Topliss-reactive ketones (excluding diaryl/α,β-unsaturated/α-hetero) is 1. The number of nitrogens with one attached hydrogen (secondary N) is 2. The highest BCUT2D eigenvalue weighted by Gasteiger charge is 2.42. The molecule has 6 nitrogen and oxygen atoms in total. The van der Waals surface area contributed by atoms with Crippen LogP contribution in [0.1, 0.15) is 39.5 Å². The molecule has 1 aromatic rings. The summed E-state index contributed by atoms with van der Waals surface area (Å²) in [6.07, 6.45) is 3.43. The molecule has 0 radical (unpaired) electrons. The zero-order chi connectivity index (χ0) is 18.0. The topological polar surface area (TPSA) is 78.5 Å². The summed E-state index contributed by atoms with van der Waals surface area (Å²) < 4.78 is 0. The van der Waals surface area contributed by atoms with Crippen molar-refractivity contribution in [2.45, 2.75) is 51.6 Å². The minimum absolute atomic E-state index is 0.0703. The van der Waals surface area contributed by atoms with Crippen LogP contribution in [0, 0.1) is 5.92 Å². The Labute approximate surface area is 148 Å². The van der Waals surface area contributed by atoms with E-state index in [1.54, 1.807) is 24.3 Å². The third-order valence-corrected chi connectivity index (χ3v) is 4.93. The van der Waals surface area contributed by atoms with Crippen molar-refractivity contribution in [2.24, 2.45) is 5.92 Å². The van der Waals surface area contributed by atoms with E-state index in [4.69, 9.17) is 0 Å². The third kappa shape index (κ3) is 4.66. The fourth-order valence-electron chi connectivity index (χ4n) is 3.61. The lowest BCUT2D eigenvalue weighted by Crippen LogP contribution is -2.52. The van der Waals surface area contributed by atoms with Crippen LogP contribution in [-0.2, 0) is 14.4 Å². The Balaban J connectivity index is 1.59. The molecular weight excluding hydrogens is 318 g/mol. The Morgan fingerprint density at radius 1 is 1.08 bits per heavy atom. The lowest BCUT2D eigenvalue weighted by Gasteiger charge is -2.39. The number of nitrogens with zero attached hydrogens (tertiary/aromatic N) is 1. The lowest BCUT2D eigenvalue weighted by atomic mass is 9.92. The van der Waals surface area contributed by atoms with Crippen LogP contribution in [0.25, 0.3) is 0 Å². The smallest absolute Gasteiger partial charge is 0.238 e. The second-order valence-electron chi connectivity index (χ2n) is 7.18. The molecule has 0 spiro atoms. The molecule has 2 aliphatic rings. The number of carbonyl (C=O) groups is 3. The highest BCUT2D eigenvalue weighted by atomic mass is 16.2. The fourth-order valence-corrected chi connectivity index (χ4v) is 3.61. The first kappa shape index (κ1) is 17.6. The van der Waals surface area contributed by atoms with E-state index in [-0.39, 0.29) is 23.9 Å². The molecule has 0 aromatic heterocycles. The zero-order valence-corrected chi connectivity index (χ0v) is 14.7. The van der Waals surface area contributed by atoms with E-state index in [0.29, 0.717) is 42.5 Å². The molecule has 1 aliphatic heterocycles. The van der Waals surface area contributed by atoms with E-state index in [0.717, 1.165) is 12.8 Å². The van der Waals surface area contributed by atoms with Crippen molar-refractivity contribution >= 4 is 29.0 Å². The molecule has 3 rings (SSSR count). The number of benzene rings is 1. The van der Waals surface area contributed by atoms with Crippen LogP contribution in [0.4, 0.5) is 11.4 Å². The molecule has 134 valence electrons. The van der Waals surface area contributed by atoms with Gasteiger partial charge < -0.3 is 10.6 Å². The largest absolute Gasteiger partial charge is 0.326 e. The summed E-state index contributed by atoms with van der Waals surface area (Å²) in [6, 6.07) is 7.37. The normalized spacial score (nSPS) is 24.0. The first-order chi connectivity index (χ1) is 11.9. The number of rotatable bonds is 5. The van der Waals surface area contributed by atoms with Gasteiger partial charge >= 0.3 is 0 Å².